The molecule has 0 rings (SSSR count). The summed E-state index contributed by atoms with van der Waals surface area (Å²) < 4.78 is 16.9. The molecule has 0 aliphatic rings. The summed E-state index contributed by atoms with van der Waals surface area (Å²) in [5.41, 5.74) is -0.315. The van der Waals surface area contributed by atoms with E-state index in [-0.39, 0.29) is 5.54 Å². The van der Waals surface area contributed by atoms with Crippen molar-refractivity contribution >= 4 is 0 Å². The monoisotopic (exact) mass is 303 g/mol. The molecular weight excluding hydrogens is 266 g/mol. The van der Waals surface area contributed by atoms with Crippen LogP contribution in [0.1, 0.15) is 71.6 Å². The smallest absolute Gasteiger partial charge is 0.301 e. The molecule has 4 heteroatoms. The van der Waals surface area contributed by atoms with Gasteiger partial charge in [-0.05, 0) is 19.9 Å². The molecule has 0 aromatic heterocycles. The van der Waals surface area contributed by atoms with Gasteiger partial charge in [-0.2, -0.15) is 0 Å². The molecule has 0 aromatic rings. The third-order valence-corrected chi connectivity index (χ3v) is 4.50. The van der Waals surface area contributed by atoms with E-state index in [1.165, 1.54) is 32.1 Å². The van der Waals surface area contributed by atoms with Crippen LogP contribution in [-0.4, -0.2) is 39.9 Å². The van der Waals surface area contributed by atoms with Gasteiger partial charge in [-0.3, -0.25) is 0 Å². The van der Waals surface area contributed by atoms with Crippen LogP contribution in [0.4, 0.5) is 0 Å². The zero-order valence-electron chi connectivity index (χ0n) is 15.1. The first-order chi connectivity index (χ1) is 10.1. The zero-order valence-corrected chi connectivity index (χ0v) is 15.1. The van der Waals surface area contributed by atoms with Crippen molar-refractivity contribution in [1.29, 1.82) is 0 Å². The van der Waals surface area contributed by atoms with Crippen LogP contribution in [0.25, 0.3) is 0 Å². The van der Waals surface area contributed by atoms with Gasteiger partial charge in [0.2, 0.25) is 0 Å². The molecule has 4 nitrogen and oxygen atoms in total. The number of hydrogen-bond acceptors (Lipinski definition) is 4. The molecule has 0 saturated carbocycles. The fourth-order valence-electron chi connectivity index (χ4n) is 3.30. The van der Waals surface area contributed by atoms with Crippen molar-refractivity contribution in [2.75, 3.05) is 28.4 Å². The number of ether oxygens (including phenoxy) is 3. The van der Waals surface area contributed by atoms with Crippen LogP contribution >= 0.6 is 0 Å². The molecule has 0 bridgehead atoms. The average molecular weight is 303 g/mol. The molecule has 0 fully saturated rings. The lowest BCUT2D eigenvalue weighted by Gasteiger charge is -2.47. The second-order valence-electron chi connectivity index (χ2n) is 5.77. The zero-order chi connectivity index (χ0) is 16.2. The van der Waals surface area contributed by atoms with Crippen molar-refractivity contribution in [2.45, 2.75) is 83.1 Å². The van der Waals surface area contributed by atoms with Gasteiger partial charge >= 0.3 is 5.97 Å². The summed E-state index contributed by atoms with van der Waals surface area (Å²) in [5, 5.41) is 3.44. The Morgan fingerprint density at radius 2 is 1.24 bits per heavy atom. The molecule has 0 radical (unpaired) electrons. The third kappa shape index (κ3) is 5.51. The lowest BCUT2D eigenvalue weighted by atomic mass is 9.84. The predicted molar refractivity (Wildman–Crippen MR) is 88.4 cm³/mol. The van der Waals surface area contributed by atoms with Gasteiger partial charge < -0.3 is 19.5 Å². The number of methoxy groups -OCH3 is 3. The van der Waals surface area contributed by atoms with Crippen LogP contribution in [0, 0.1) is 0 Å². The minimum absolute atomic E-state index is 0.315. The molecule has 0 aliphatic carbocycles. The topological polar surface area (TPSA) is 39.7 Å². The van der Waals surface area contributed by atoms with Crippen molar-refractivity contribution in [3.8, 4) is 0 Å². The average Bonchev–Trinajstić information content (AvgIpc) is 2.52. The van der Waals surface area contributed by atoms with E-state index >= 15 is 0 Å². The van der Waals surface area contributed by atoms with Crippen molar-refractivity contribution in [1.82, 2.24) is 5.32 Å². The summed E-state index contributed by atoms with van der Waals surface area (Å²) in [6, 6.07) is 0. The Morgan fingerprint density at radius 3 is 1.67 bits per heavy atom. The first kappa shape index (κ1) is 20.8. The van der Waals surface area contributed by atoms with Crippen LogP contribution in [0.2, 0.25) is 0 Å². The van der Waals surface area contributed by atoms with Gasteiger partial charge in [0.1, 0.15) is 5.54 Å². The molecule has 0 amide bonds. The second-order valence-corrected chi connectivity index (χ2v) is 5.77. The number of hydrogen-bond donors (Lipinski definition) is 1. The van der Waals surface area contributed by atoms with Crippen LogP contribution in [0.5, 0.6) is 0 Å². The fraction of sp³-hybridized carbons (Fsp3) is 1.00. The summed E-state index contributed by atoms with van der Waals surface area (Å²) >= 11 is 0. The molecule has 0 heterocycles. The van der Waals surface area contributed by atoms with E-state index < -0.39 is 5.97 Å². The third-order valence-electron chi connectivity index (χ3n) is 4.50. The molecule has 0 aliphatic heterocycles. The summed E-state index contributed by atoms with van der Waals surface area (Å²) in [6.07, 6.45) is 10.7. The van der Waals surface area contributed by atoms with E-state index in [9.17, 15) is 0 Å². The molecule has 128 valence electrons. The van der Waals surface area contributed by atoms with Gasteiger partial charge in [0.25, 0.3) is 0 Å². The molecular formula is C17H37NO3. The Morgan fingerprint density at radius 1 is 0.714 bits per heavy atom. The standard InChI is InChI=1S/C17H37NO3/c1-7-9-10-11-12-13-15-16(18-3,14-8-2)17(19-4,20-5)21-6/h18H,7-15H2,1-6H3. The van der Waals surface area contributed by atoms with Crippen molar-refractivity contribution in [3.05, 3.63) is 0 Å². The molecule has 1 unspecified atom stereocenters. The van der Waals surface area contributed by atoms with E-state index in [1.54, 1.807) is 21.3 Å². The number of likely N-dealkylation sites (N-methyl/N-ethyl adjacent to an activating group) is 1. The van der Waals surface area contributed by atoms with Gasteiger partial charge in [-0.1, -0.05) is 58.8 Å². The van der Waals surface area contributed by atoms with Crippen LogP contribution in [-0.2, 0) is 14.2 Å². The van der Waals surface area contributed by atoms with E-state index in [1.807, 2.05) is 7.05 Å². The first-order valence-corrected chi connectivity index (χ1v) is 8.46. The molecule has 21 heavy (non-hydrogen) atoms. The molecule has 1 N–H and O–H groups in total. The van der Waals surface area contributed by atoms with Crippen molar-refractivity contribution in [3.63, 3.8) is 0 Å². The Kier molecular flexibility index (Phi) is 11.3. The molecule has 0 saturated heterocycles. The summed E-state index contributed by atoms with van der Waals surface area (Å²) in [7, 11) is 6.92. The highest BCUT2D eigenvalue weighted by atomic mass is 16.9. The predicted octanol–water partition coefficient (Wildman–Crippen LogP) is 4.09. The van der Waals surface area contributed by atoms with E-state index in [0.717, 1.165) is 25.7 Å². The number of unbranched alkanes of at least 4 members (excludes halogenated alkanes) is 5. The normalized spacial score (nSPS) is 15.1. The lowest BCUT2D eigenvalue weighted by molar-refractivity contribution is -0.390. The van der Waals surface area contributed by atoms with E-state index in [4.69, 9.17) is 14.2 Å². The van der Waals surface area contributed by atoms with Crippen molar-refractivity contribution in [2.24, 2.45) is 0 Å². The van der Waals surface area contributed by atoms with E-state index in [2.05, 4.69) is 19.2 Å². The van der Waals surface area contributed by atoms with Crippen LogP contribution in [0.3, 0.4) is 0 Å². The largest absolute Gasteiger partial charge is 0.329 e. The Balaban J connectivity index is 4.74. The maximum absolute atomic E-state index is 5.63. The van der Waals surface area contributed by atoms with Gasteiger partial charge in [-0.15, -0.1) is 0 Å². The molecule has 1 atom stereocenters. The highest BCUT2D eigenvalue weighted by Gasteiger charge is 2.52. The Bertz CT molecular complexity index is 236. The van der Waals surface area contributed by atoms with Crippen molar-refractivity contribution < 1.29 is 14.2 Å². The quantitative estimate of drug-likeness (QED) is 0.387. The highest BCUT2D eigenvalue weighted by molar-refractivity contribution is 4.95. The Hall–Kier alpha value is -0.160. The SMILES string of the molecule is CCCCCCCCC(CCC)(NC)C(OC)(OC)OC. The Labute approximate surface area is 131 Å². The van der Waals surface area contributed by atoms with Gasteiger partial charge in [0.05, 0.1) is 0 Å². The van der Waals surface area contributed by atoms with Gasteiger partial charge in [0.15, 0.2) is 0 Å². The summed E-state index contributed by atoms with van der Waals surface area (Å²) in [4.78, 5) is 0. The van der Waals surface area contributed by atoms with Gasteiger partial charge in [0, 0.05) is 21.3 Å². The van der Waals surface area contributed by atoms with Gasteiger partial charge in [-0.25, -0.2) is 0 Å². The number of nitrogens with one attached hydrogen (secondary N) is 1. The second kappa shape index (κ2) is 11.4. The lowest BCUT2D eigenvalue weighted by Crippen LogP contribution is -2.65. The first-order valence-electron chi connectivity index (χ1n) is 8.46. The van der Waals surface area contributed by atoms with E-state index in [0.29, 0.717) is 0 Å². The van der Waals surface area contributed by atoms with Crippen LogP contribution in [0.15, 0.2) is 0 Å². The highest BCUT2D eigenvalue weighted by Crippen LogP contribution is 2.36. The number of rotatable bonds is 14. The maximum atomic E-state index is 5.63. The summed E-state index contributed by atoms with van der Waals surface area (Å²) in [6.45, 7) is 4.43. The minimum Gasteiger partial charge on any atom is -0.329 e. The fourth-order valence-corrected chi connectivity index (χ4v) is 3.30. The van der Waals surface area contributed by atoms with Crippen LogP contribution < -0.4 is 5.32 Å². The maximum Gasteiger partial charge on any atom is 0.301 e. The molecule has 0 aromatic carbocycles. The summed E-state index contributed by atoms with van der Waals surface area (Å²) in [5.74, 6) is -1.03. The minimum atomic E-state index is -1.03. The molecule has 0 spiro atoms.